The highest BCUT2D eigenvalue weighted by molar-refractivity contribution is 7.91. The lowest BCUT2D eigenvalue weighted by atomic mass is 10.1. The summed E-state index contributed by atoms with van der Waals surface area (Å²) in [5, 5.41) is 2.09. The molecule has 1 aromatic heterocycles. The fraction of sp³-hybridized carbons (Fsp3) is 0.136. The minimum atomic E-state index is -3.74. The number of Topliss-reactive ketones (excluding diaryl/α,β-unsaturated/α-hetero) is 1. The second-order valence-electron chi connectivity index (χ2n) is 6.72. The van der Waals surface area contributed by atoms with Crippen LogP contribution in [0.15, 0.2) is 76.0 Å². The normalized spacial score (nSPS) is 13.4. The molecule has 0 radical (unpaired) electrons. The Kier molecular flexibility index (Phi) is 4.91. The fourth-order valence-corrected chi connectivity index (χ4v) is 5.69. The molecule has 4 rings (SSSR count). The topological polar surface area (TPSA) is 54.5 Å². The molecule has 0 saturated heterocycles. The van der Waals surface area contributed by atoms with E-state index in [2.05, 4.69) is 28.6 Å². The van der Waals surface area contributed by atoms with Crippen LogP contribution in [0, 0.1) is 0 Å². The number of hydrogen-bond acceptors (Lipinski definition) is 5. The SMILES string of the molecule is CC(=O)c1ccccc1S(=O)(=O)c1ccc(CN2C=Cc3ccsc3C2)cc1. The zero-order valence-electron chi connectivity index (χ0n) is 15.3. The molecule has 0 fully saturated rings. The quantitative estimate of drug-likeness (QED) is 0.570. The molecule has 0 bridgehead atoms. The average Bonchev–Trinajstić information content (AvgIpc) is 3.16. The fourth-order valence-electron chi connectivity index (χ4n) is 3.29. The van der Waals surface area contributed by atoms with E-state index in [9.17, 15) is 13.2 Å². The Morgan fingerprint density at radius 2 is 1.82 bits per heavy atom. The van der Waals surface area contributed by atoms with Gasteiger partial charge in [0.25, 0.3) is 0 Å². The molecule has 28 heavy (non-hydrogen) atoms. The van der Waals surface area contributed by atoms with E-state index in [-0.39, 0.29) is 21.1 Å². The van der Waals surface area contributed by atoms with Crippen molar-refractivity contribution in [2.24, 2.45) is 0 Å². The maximum absolute atomic E-state index is 13.0. The molecule has 0 N–H and O–H groups in total. The predicted octanol–water partition coefficient (Wildman–Crippen LogP) is 4.77. The van der Waals surface area contributed by atoms with Crippen molar-refractivity contribution in [3.05, 3.63) is 87.7 Å². The van der Waals surface area contributed by atoms with Crippen LogP contribution in [0.5, 0.6) is 0 Å². The summed E-state index contributed by atoms with van der Waals surface area (Å²) in [6, 6.07) is 15.4. The van der Waals surface area contributed by atoms with Gasteiger partial charge in [-0.05, 0) is 53.8 Å². The first-order chi connectivity index (χ1) is 13.4. The predicted molar refractivity (Wildman–Crippen MR) is 111 cm³/mol. The summed E-state index contributed by atoms with van der Waals surface area (Å²) in [5.74, 6) is -0.263. The Morgan fingerprint density at radius 1 is 1.07 bits per heavy atom. The van der Waals surface area contributed by atoms with Gasteiger partial charge in [0, 0.05) is 23.2 Å². The van der Waals surface area contributed by atoms with Crippen molar-refractivity contribution in [3.63, 3.8) is 0 Å². The van der Waals surface area contributed by atoms with Crippen LogP contribution in [0.1, 0.15) is 33.3 Å². The van der Waals surface area contributed by atoms with Crippen LogP contribution in [-0.2, 0) is 22.9 Å². The van der Waals surface area contributed by atoms with E-state index in [1.807, 2.05) is 12.1 Å². The van der Waals surface area contributed by atoms with Gasteiger partial charge in [-0.25, -0.2) is 8.42 Å². The molecule has 142 valence electrons. The number of ketones is 1. The Balaban J connectivity index is 1.56. The van der Waals surface area contributed by atoms with Crippen LogP contribution in [-0.4, -0.2) is 19.1 Å². The first-order valence-electron chi connectivity index (χ1n) is 8.88. The van der Waals surface area contributed by atoms with Gasteiger partial charge in [-0.1, -0.05) is 30.3 Å². The van der Waals surface area contributed by atoms with Crippen molar-refractivity contribution >= 4 is 33.0 Å². The molecular weight excluding hydrogens is 390 g/mol. The number of fused-ring (bicyclic) bond motifs is 1. The molecule has 6 heteroatoms. The van der Waals surface area contributed by atoms with E-state index in [0.717, 1.165) is 12.1 Å². The maximum Gasteiger partial charge on any atom is 0.207 e. The van der Waals surface area contributed by atoms with Gasteiger partial charge in [-0.15, -0.1) is 11.3 Å². The number of sulfone groups is 1. The van der Waals surface area contributed by atoms with Gasteiger partial charge in [0.1, 0.15) is 0 Å². The van der Waals surface area contributed by atoms with E-state index in [1.54, 1.807) is 41.7 Å². The summed E-state index contributed by atoms with van der Waals surface area (Å²) >= 11 is 1.75. The Bertz CT molecular complexity index is 1160. The summed E-state index contributed by atoms with van der Waals surface area (Å²) < 4.78 is 26.0. The van der Waals surface area contributed by atoms with Crippen LogP contribution >= 0.6 is 11.3 Å². The zero-order valence-corrected chi connectivity index (χ0v) is 17.0. The third-order valence-electron chi connectivity index (χ3n) is 4.77. The second kappa shape index (κ2) is 7.37. The maximum atomic E-state index is 13.0. The highest BCUT2D eigenvalue weighted by Gasteiger charge is 2.22. The number of benzene rings is 2. The van der Waals surface area contributed by atoms with Crippen molar-refractivity contribution in [1.82, 2.24) is 4.90 Å². The van der Waals surface area contributed by atoms with Crippen LogP contribution in [0.4, 0.5) is 0 Å². The van der Waals surface area contributed by atoms with Crippen LogP contribution in [0.25, 0.3) is 6.08 Å². The molecule has 4 nitrogen and oxygen atoms in total. The highest BCUT2D eigenvalue weighted by Crippen LogP contribution is 2.27. The molecular formula is C22H19NO3S2. The minimum absolute atomic E-state index is 0.0550. The molecule has 0 unspecified atom stereocenters. The van der Waals surface area contributed by atoms with Gasteiger partial charge >= 0.3 is 0 Å². The lowest BCUT2D eigenvalue weighted by molar-refractivity contribution is 0.101. The number of nitrogens with zero attached hydrogens (tertiary/aromatic N) is 1. The van der Waals surface area contributed by atoms with Crippen molar-refractivity contribution in [2.45, 2.75) is 29.8 Å². The van der Waals surface area contributed by atoms with Gasteiger partial charge in [0.2, 0.25) is 9.84 Å². The van der Waals surface area contributed by atoms with Gasteiger partial charge in [0.05, 0.1) is 16.3 Å². The summed E-state index contributed by atoms with van der Waals surface area (Å²) in [7, 11) is -3.74. The van der Waals surface area contributed by atoms with E-state index < -0.39 is 9.84 Å². The molecule has 1 aliphatic heterocycles. The third-order valence-corrected chi connectivity index (χ3v) is 7.52. The molecule has 3 aromatic rings. The molecule has 2 heterocycles. The number of carbonyl (C=O) groups excluding carboxylic acids is 1. The van der Waals surface area contributed by atoms with Crippen molar-refractivity contribution in [2.75, 3.05) is 0 Å². The second-order valence-corrected chi connectivity index (χ2v) is 9.64. The molecule has 0 amide bonds. The van der Waals surface area contributed by atoms with Crippen LogP contribution in [0.2, 0.25) is 0 Å². The Labute approximate surface area is 168 Å². The summed E-state index contributed by atoms with van der Waals surface area (Å²) in [6.45, 7) is 2.94. The molecule has 0 aliphatic carbocycles. The van der Waals surface area contributed by atoms with Gasteiger partial charge < -0.3 is 4.90 Å². The molecule has 0 spiro atoms. The number of thiophene rings is 1. The van der Waals surface area contributed by atoms with Crippen molar-refractivity contribution in [1.29, 1.82) is 0 Å². The largest absolute Gasteiger partial charge is 0.368 e. The molecule has 2 aromatic carbocycles. The molecule has 0 atom stereocenters. The Morgan fingerprint density at radius 3 is 2.57 bits per heavy atom. The zero-order chi connectivity index (χ0) is 19.7. The van der Waals surface area contributed by atoms with E-state index in [1.165, 1.54) is 23.4 Å². The van der Waals surface area contributed by atoms with Crippen LogP contribution < -0.4 is 0 Å². The number of carbonyl (C=O) groups is 1. The standard InChI is InChI=1S/C22H19NO3S2/c1-16(24)20-4-2-3-5-22(20)28(25,26)19-8-6-17(7-9-19)14-23-12-10-18-11-13-27-21(18)15-23/h2-13H,14-15H2,1H3. The summed E-state index contributed by atoms with van der Waals surface area (Å²) in [6.07, 6.45) is 4.18. The third kappa shape index (κ3) is 3.53. The van der Waals surface area contributed by atoms with E-state index in [4.69, 9.17) is 0 Å². The average molecular weight is 410 g/mol. The van der Waals surface area contributed by atoms with Gasteiger partial charge in [-0.3, -0.25) is 4.79 Å². The smallest absolute Gasteiger partial charge is 0.207 e. The number of hydrogen-bond donors (Lipinski definition) is 0. The van der Waals surface area contributed by atoms with Crippen LogP contribution in [0.3, 0.4) is 0 Å². The number of rotatable bonds is 5. The molecule has 0 saturated carbocycles. The van der Waals surface area contributed by atoms with E-state index >= 15 is 0 Å². The van der Waals surface area contributed by atoms with E-state index in [0.29, 0.717) is 6.54 Å². The first-order valence-corrected chi connectivity index (χ1v) is 11.2. The summed E-state index contributed by atoms with van der Waals surface area (Å²) in [5.41, 5.74) is 2.52. The molecule has 1 aliphatic rings. The minimum Gasteiger partial charge on any atom is -0.368 e. The van der Waals surface area contributed by atoms with Gasteiger partial charge in [-0.2, -0.15) is 0 Å². The monoisotopic (exact) mass is 409 g/mol. The Hall–Kier alpha value is -2.70. The van der Waals surface area contributed by atoms with Gasteiger partial charge in [0.15, 0.2) is 5.78 Å². The lowest BCUT2D eigenvalue weighted by Gasteiger charge is -2.23. The highest BCUT2D eigenvalue weighted by atomic mass is 32.2. The van der Waals surface area contributed by atoms with Crippen molar-refractivity contribution in [3.8, 4) is 0 Å². The summed E-state index contributed by atoms with van der Waals surface area (Å²) in [4.78, 5) is 15.6. The first kappa shape index (κ1) is 18.7. The lowest BCUT2D eigenvalue weighted by Crippen LogP contribution is -2.18. The van der Waals surface area contributed by atoms with Crippen molar-refractivity contribution < 1.29 is 13.2 Å².